The highest BCUT2D eigenvalue weighted by atomic mass is 16.5. The summed E-state index contributed by atoms with van der Waals surface area (Å²) >= 11 is 0. The molecule has 0 saturated carbocycles. The van der Waals surface area contributed by atoms with E-state index in [0.29, 0.717) is 0 Å². The van der Waals surface area contributed by atoms with Gasteiger partial charge in [-0.05, 0) is 41.8 Å². The molecule has 0 aliphatic rings. The Morgan fingerprint density at radius 1 is 0.895 bits per heavy atom. The van der Waals surface area contributed by atoms with Crippen molar-refractivity contribution in [3.8, 4) is 17.2 Å². The zero-order valence-corrected chi connectivity index (χ0v) is 10.9. The highest BCUT2D eigenvalue weighted by Gasteiger charge is 1.99. The van der Waals surface area contributed by atoms with E-state index in [1.165, 1.54) is 6.07 Å². The van der Waals surface area contributed by atoms with E-state index < -0.39 is 0 Å². The summed E-state index contributed by atoms with van der Waals surface area (Å²) in [7, 11) is 1.64. The summed E-state index contributed by atoms with van der Waals surface area (Å²) in [5.41, 5.74) is 2.80. The zero-order valence-electron chi connectivity index (χ0n) is 10.9. The molecule has 0 radical (unpaired) electrons. The van der Waals surface area contributed by atoms with Crippen LogP contribution in [-0.4, -0.2) is 17.3 Å². The van der Waals surface area contributed by atoms with Gasteiger partial charge in [-0.3, -0.25) is 0 Å². The van der Waals surface area contributed by atoms with E-state index in [9.17, 15) is 10.2 Å². The van der Waals surface area contributed by atoms with Crippen molar-refractivity contribution in [2.24, 2.45) is 0 Å². The lowest BCUT2D eigenvalue weighted by atomic mass is 10.1. The van der Waals surface area contributed by atoms with Gasteiger partial charge in [-0.15, -0.1) is 0 Å². The molecule has 3 heteroatoms. The fourth-order valence-electron chi connectivity index (χ4n) is 1.85. The summed E-state index contributed by atoms with van der Waals surface area (Å²) < 4.78 is 5.26. The lowest BCUT2D eigenvalue weighted by Gasteiger charge is -2.05. The summed E-state index contributed by atoms with van der Waals surface area (Å²) in [4.78, 5) is 0. The number of phenolic OH excluding ortho intramolecular Hbond substituents is 2. The fraction of sp³-hybridized carbons (Fsp3) is 0.125. The Morgan fingerprint density at radius 3 is 2.16 bits per heavy atom. The molecule has 0 aliphatic heterocycles. The van der Waals surface area contributed by atoms with Gasteiger partial charge in [0.1, 0.15) is 17.2 Å². The Balaban J connectivity index is 2.27. The molecule has 19 heavy (non-hydrogen) atoms. The lowest BCUT2D eigenvalue weighted by molar-refractivity contribution is 0.411. The maximum atomic E-state index is 9.40. The molecule has 0 spiro atoms. The Morgan fingerprint density at radius 2 is 1.53 bits per heavy atom. The standard InChI is InChI=1S/C16H16O3/c1-11-3-4-12(9-16(11)19-2)5-6-13-7-14(17)10-15(18)8-13/h3-10,17-18H,1-2H3/b6-5+. The van der Waals surface area contributed by atoms with Crippen LogP contribution in [0.15, 0.2) is 36.4 Å². The van der Waals surface area contributed by atoms with Crippen LogP contribution < -0.4 is 4.74 Å². The first-order valence-corrected chi connectivity index (χ1v) is 5.94. The third kappa shape index (κ3) is 3.28. The van der Waals surface area contributed by atoms with Gasteiger partial charge in [0.2, 0.25) is 0 Å². The molecule has 0 heterocycles. The molecule has 2 aromatic rings. The molecule has 0 saturated heterocycles. The monoisotopic (exact) mass is 256 g/mol. The largest absolute Gasteiger partial charge is 0.508 e. The molecule has 0 fully saturated rings. The lowest BCUT2D eigenvalue weighted by Crippen LogP contribution is -1.87. The van der Waals surface area contributed by atoms with Gasteiger partial charge in [0.05, 0.1) is 7.11 Å². The number of aromatic hydroxyl groups is 2. The average molecular weight is 256 g/mol. The third-order valence-electron chi connectivity index (χ3n) is 2.83. The number of phenols is 2. The number of benzene rings is 2. The minimum Gasteiger partial charge on any atom is -0.508 e. The minimum atomic E-state index is 0.0427. The van der Waals surface area contributed by atoms with Crippen molar-refractivity contribution < 1.29 is 14.9 Å². The van der Waals surface area contributed by atoms with E-state index in [1.807, 2.05) is 37.3 Å². The Kier molecular flexibility index (Phi) is 3.76. The van der Waals surface area contributed by atoms with Crippen molar-refractivity contribution in [2.75, 3.05) is 7.11 Å². The van der Waals surface area contributed by atoms with Crippen molar-refractivity contribution >= 4 is 12.2 Å². The molecular weight excluding hydrogens is 240 g/mol. The molecule has 0 unspecified atom stereocenters. The number of methoxy groups -OCH3 is 1. The predicted octanol–water partition coefficient (Wildman–Crippen LogP) is 3.59. The minimum absolute atomic E-state index is 0.0427. The number of hydrogen-bond donors (Lipinski definition) is 2. The van der Waals surface area contributed by atoms with Crippen molar-refractivity contribution in [1.29, 1.82) is 0 Å². The van der Waals surface area contributed by atoms with E-state index in [-0.39, 0.29) is 11.5 Å². The SMILES string of the molecule is COc1cc(/C=C/c2cc(O)cc(O)c2)ccc1C. The molecule has 0 atom stereocenters. The Labute approximate surface area is 112 Å². The van der Waals surface area contributed by atoms with Crippen molar-refractivity contribution in [3.63, 3.8) is 0 Å². The third-order valence-corrected chi connectivity index (χ3v) is 2.83. The molecule has 98 valence electrons. The highest BCUT2D eigenvalue weighted by Crippen LogP contribution is 2.23. The van der Waals surface area contributed by atoms with Crippen LogP contribution in [0.2, 0.25) is 0 Å². The van der Waals surface area contributed by atoms with Gasteiger partial charge in [0.25, 0.3) is 0 Å². The van der Waals surface area contributed by atoms with Crippen LogP contribution in [0.1, 0.15) is 16.7 Å². The molecule has 0 aliphatic carbocycles. The highest BCUT2D eigenvalue weighted by molar-refractivity contribution is 5.71. The van der Waals surface area contributed by atoms with Crippen LogP contribution in [0.25, 0.3) is 12.2 Å². The van der Waals surface area contributed by atoms with Crippen molar-refractivity contribution in [2.45, 2.75) is 6.92 Å². The molecule has 2 aromatic carbocycles. The maximum Gasteiger partial charge on any atom is 0.122 e. The molecular formula is C16H16O3. The van der Waals surface area contributed by atoms with Gasteiger partial charge in [-0.25, -0.2) is 0 Å². The van der Waals surface area contributed by atoms with E-state index in [0.717, 1.165) is 22.4 Å². The number of rotatable bonds is 3. The normalized spacial score (nSPS) is 10.8. The molecule has 2 N–H and O–H groups in total. The topological polar surface area (TPSA) is 49.7 Å². The Hall–Kier alpha value is -2.42. The Bertz CT molecular complexity index is 595. The second kappa shape index (κ2) is 5.48. The number of ether oxygens (including phenoxy) is 1. The van der Waals surface area contributed by atoms with E-state index in [1.54, 1.807) is 19.2 Å². The van der Waals surface area contributed by atoms with Gasteiger partial charge < -0.3 is 14.9 Å². The second-order valence-corrected chi connectivity index (χ2v) is 4.35. The van der Waals surface area contributed by atoms with E-state index >= 15 is 0 Å². The summed E-state index contributed by atoms with van der Waals surface area (Å²) in [5.74, 6) is 0.920. The van der Waals surface area contributed by atoms with Crippen LogP contribution in [0, 0.1) is 6.92 Å². The number of aryl methyl sites for hydroxylation is 1. The van der Waals surface area contributed by atoms with Crippen molar-refractivity contribution in [3.05, 3.63) is 53.1 Å². The molecule has 2 rings (SSSR count). The van der Waals surface area contributed by atoms with Crippen LogP contribution in [0.3, 0.4) is 0 Å². The van der Waals surface area contributed by atoms with Gasteiger partial charge in [0.15, 0.2) is 0 Å². The van der Waals surface area contributed by atoms with Gasteiger partial charge in [-0.2, -0.15) is 0 Å². The average Bonchev–Trinajstić information content (AvgIpc) is 2.36. The first-order chi connectivity index (χ1) is 9.08. The molecule has 0 bridgehead atoms. The second-order valence-electron chi connectivity index (χ2n) is 4.35. The number of hydrogen-bond acceptors (Lipinski definition) is 3. The quantitative estimate of drug-likeness (QED) is 0.825. The van der Waals surface area contributed by atoms with Gasteiger partial charge in [0, 0.05) is 6.07 Å². The summed E-state index contributed by atoms with van der Waals surface area (Å²) in [6.07, 6.45) is 3.72. The summed E-state index contributed by atoms with van der Waals surface area (Å²) in [5, 5.41) is 18.8. The van der Waals surface area contributed by atoms with Crippen LogP contribution in [0.4, 0.5) is 0 Å². The molecule has 3 nitrogen and oxygen atoms in total. The predicted molar refractivity (Wildman–Crippen MR) is 76.4 cm³/mol. The molecule has 0 amide bonds. The summed E-state index contributed by atoms with van der Waals surface area (Å²) in [6, 6.07) is 10.4. The zero-order chi connectivity index (χ0) is 13.8. The fourth-order valence-corrected chi connectivity index (χ4v) is 1.85. The van der Waals surface area contributed by atoms with Gasteiger partial charge >= 0.3 is 0 Å². The first-order valence-electron chi connectivity index (χ1n) is 5.94. The summed E-state index contributed by atoms with van der Waals surface area (Å²) in [6.45, 7) is 1.99. The smallest absolute Gasteiger partial charge is 0.122 e. The maximum absolute atomic E-state index is 9.40. The van der Waals surface area contributed by atoms with Gasteiger partial charge in [-0.1, -0.05) is 24.3 Å². The van der Waals surface area contributed by atoms with E-state index in [2.05, 4.69) is 0 Å². The van der Waals surface area contributed by atoms with Crippen molar-refractivity contribution in [1.82, 2.24) is 0 Å². The van der Waals surface area contributed by atoms with Crippen LogP contribution >= 0.6 is 0 Å². The first kappa shape index (κ1) is 13.0. The van der Waals surface area contributed by atoms with Crippen LogP contribution in [0.5, 0.6) is 17.2 Å². The van der Waals surface area contributed by atoms with E-state index in [4.69, 9.17) is 4.74 Å². The van der Waals surface area contributed by atoms with Crippen LogP contribution in [-0.2, 0) is 0 Å². The molecule has 0 aromatic heterocycles.